The maximum atomic E-state index is 13.3. The number of likely N-dealkylation sites (tertiary alicyclic amines) is 1. The molecule has 2 aromatic carbocycles. The first-order valence-corrected chi connectivity index (χ1v) is 10.9. The van der Waals surface area contributed by atoms with Crippen LogP contribution >= 0.6 is 0 Å². The van der Waals surface area contributed by atoms with E-state index in [2.05, 4.69) is 10.2 Å². The molecule has 1 fully saturated rings. The highest BCUT2D eigenvalue weighted by Crippen LogP contribution is 2.28. The first kappa shape index (κ1) is 21.1. The minimum Gasteiger partial charge on any atom is -0.382 e. The average Bonchev–Trinajstić information content (AvgIpc) is 2.65. The maximum Gasteiger partial charge on any atom is 0.288 e. The number of benzene rings is 2. The van der Waals surface area contributed by atoms with Gasteiger partial charge in [0.1, 0.15) is 4.90 Å². The SMILES string of the molecule is CS(=O)(=O)c1cc(NC2CCN(Cc3ccc(F)c(F)c3)CC2)ccc1[N+](=O)[O-]. The quantitative estimate of drug-likeness (QED) is 0.564. The molecular formula is C19H21F2N3O4S. The van der Waals surface area contributed by atoms with Crippen LogP contribution in [0.25, 0.3) is 0 Å². The van der Waals surface area contributed by atoms with E-state index in [1.807, 2.05) is 0 Å². The predicted octanol–water partition coefficient (Wildman–Crippen LogP) is 3.35. The smallest absolute Gasteiger partial charge is 0.288 e. The molecule has 0 unspecified atom stereocenters. The van der Waals surface area contributed by atoms with Gasteiger partial charge in [-0.15, -0.1) is 0 Å². The molecule has 0 atom stereocenters. The topological polar surface area (TPSA) is 92.6 Å². The number of sulfone groups is 1. The standard InChI is InChI=1S/C19H21F2N3O4S/c1-29(27,28)19-11-15(3-5-18(19)24(25)26)22-14-6-8-23(9-7-14)12-13-2-4-16(20)17(21)10-13/h2-5,10-11,14,22H,6-9,12H2,1H3. The monoisotopic (exact) mass is 425 g/mol. The van der Waals surface area contributed by atoms with Gasteiger partial charge in [0.05, 0.1) is 4.92 Å². The second kappa shape index (κ2) is 8.42. The third-order valence-corrected chi connectivity index (χ3v) is 6.03. The number of piperidine rings is 1. The van der Waals surface area contributed by atoms with Crippen molar-refractivity contribution in [3.8, 4) is 0 Å². The van der Waals surface area contributed by atoms with Crippen LogP contribution in [0.5, 0.6) is 0 Å². The average molecular weight is 425 g/mol. The molecule has 1 heterocycles. The number of anilines is 1. The molecule has 2 aromatic rings. The number of nitrogens with zero attached hydrogens (tertiary/aromatic N) is 2. The molecule has 1 aliphatic rings. The zero-order valence-corrected chi connectivity index (χ0v) is 16.6. The van der Waals surface area contributed by atoms with Gasteiger partial charge < -0.3 is 5.32 Å². The number of halogens is 2. The lowest BCUT2D eigenvalue weighted by molar-refractivity contribution is -0.387. The minimum absolute atomic E-state index is 0.0741. The van der Waals surface area contributed by atoms with Crippen LogP contribution in [0.3, 0.4) is 0 Å². The highest BCUT2D eigenvalue weighted by atomic mass is 32.2. The van der Waals surface area contributed by atoms with Gasteiger partial charge in [0, 0.05) is 43.7 Å². The van der Waals surface area contributed by atoms with Crippen LogP contribution < -0.4 is 5.32 Å². The highest BCUT2D eigenvalue weighted by Gasteiger charge is 2.24. The molecule has 10 heteroatoms. The fraction of sp³-hybridized carbons (Fsp3) is 0.368. The second-order valence-corrected chi connectivity index (χ2v) is 9.14. The molecule has 0 spiro atoms. The lowest BCUT2D eigenvalue weighted by atomic mass is 10.0. The first-order valence-electron chi connectivity index (χ1n) is 9.05. The Kier molecular flexibility index (Phi) is 6.13. The van der Waals surface area contributed by atoms with Gasteiger partial charge in [0.15, 0.2) is 21.5 Å². The van der Waals surface area contributed by atoms with Crippen molar-refractivity contribution in [3.63, 3.8) is 0 Å². The summed E-state index contributed by atoms with van der Waals surface area (Å²) in [4.78, 5) is 12.2. The Bertz CT molecular complexity index is 1020. The number of nitro groups is 1. The predicted molar refractivity (Wildman–Crippen MR) is 104 cm³/mol. The molecule has 7 nitrogen and oxygen atoms in total. The summed E-state index contributed by atoms with van der Waals surface area (Å²) in [5.41, 5.74) is 0.762. The van der Waals surface area contributed by atoms with Gasteiger partial charge in [-0.3, -0.25) is 15.0 Å². The van der Waals surface area contributed by atoms with Crippen LogP contribution in [0.1, 0.15) is 18.4 Å². The molecule has 0 amide bonds. The number of hydrogen-bond donors (Lipinski definition) is 1. The molecule has 0 aliphatic carbocycles. The molecule has 0 bridgehead atoms. The van der Waals surface area contributed by atoms with E-state index in [0.29, 0.717) is 17.8 Å². The van der Waals surface area contributed by atoms with Gasteiger partial charge in [-0.1, -0.05) is 6.07 Å². The van der Waals surface area contributed by atoms with Crippen molar-refractivity contribution >= 4 is 21.2 Å². The molecule has 1 aliphatic heterocycles. The van der Waals surface area contributed by atoms with Crippen molar-refractivity contribution < 1.29 is 22.1 Å². The largest absolute Gasteiger partial charge is 0.382 e. The van der Waals surface area contributed by atoms with Gasteiger partial charge in [-0.05, 0) is 42.7 Å². The lowest BCUT2D eigenvalue weighted by Gasteiger charge is -2.33. The Labute approximate surface area is 167 Å². The second-order valence-electron chi connectivity index (χ2n) is 7.15. The Hall–Kier alpha value is -2.59. The van der Waals surface area contributed by atoms with Crippen LogP contribution in [-0.2, 0) is 16.4 Å². The van der Waals surface area contributed by atoms with E-state index in [0.717, 1.165) is 38.3 Å². The molecule has 29 heavy (non-hydrogen) atoms. The van der Waals surface area contributed by atoms with Crippen LogP contribution in [0.4, 0.5) is 20.2 Å². The fourth-order valence-corrected chi connectivity index (χ4v) is 4.28. The van der Waals surface area contributed by atoms with E-state index >= 15 is 0 Å². The molecule has 1 saturated heterocycles. The van der Waals surface area contributed by atoms with E-state index in [-0.39, 0.29) is 10.9 Å². The summed E-state index contributed by atoms with van der Waals surface area (Å²) in [5.74, 6) is -1.73. The molecular weight excluding hydrogens is 404 g/mol. The minimum atomic E-state index is -3.74. The zero-order valence-electron chi connectivity index (χ0n) is 15.8. The molecule has 0 saturated carbocycles. The van der Waals surface area contributed by atoms with Gasteiger partial charge in [0.2, 0.25) is 0 Å². The van der Waals surface area contributed by atoms with Crippen LogP contribution in [0, 0.1) is 21.7 Å². The number of rotatable bonds is 6. The van der Waals surface area contributed by atoms with Crippen molar-refractivity contribution in [3.05, 3.63) is 63.7 Å². The van der Waals surface area contributed by atoms with Crippen molar-refractivity contribution in [2.75, 3.05) is 24.7 Å². The van der Waals surface area contributed by atoms with E-state index in [4.69, 9.17) is 0 Å². The van der Waals surface area contributed by atoms with Crippen molar-refractivity contribution in [1.29, 1.82) is 0 Å². The molecule has 1 N–H and O–H groups in total. The summed E-state index contributed by atoms with van der Waals surface area (Å²) < 4.78 is 50.1. The third-order valence-electron chi connectivity index (χ3n) is 4.90. The van der Waals surface area contributed by atoms with E-state index in [1.54, 1.807) is 6.07 Å². The summed E-state index contributed by atoms with van der Waals surface area (Å²) >= 11 is 0. The van der Waals surface area contributed by atoms with Gasteiger partial charge >= 0.3 is 0 Å². The van der Waals surface area contributed by atoms with Gasteiger partial charge in [-0.2, -0.15) is 0 Å². The van der Waals surface area contributed by atoms with Crippen LogP contribution in [-0.4, -0.2) is 43.6 Å². The zero-order chi connectivity index (χ0) is 21.2. The summed E-state index contributed by atoms with van der Waals surface area (Å²) in [6, 6.07) is 7.94. The Balaban J connectivity index is 1.62. The number of nitrogens with one attached hydrogen (secondary N) is 1. The summed E-state index contributed by atoms with van der Waals surface area (Å²) in [6.45, 7) is 1.96. The summed E-state index contributed by atoms with van der Waals surface area (Å²) in [6.07, 6.45) is 2.46. The Morgan fingerprint density at radius 1 is 1.14 bits per heavy atom. The molecule has 156 valence electrons. The van der Waals surface area contributed by atoms with Crippen LogP contribution in [0.2, 0.25) is 0 Å². The first-order chi connectivity index (χ1) is 13.6. The Morgan fingerprint density at radius 3 is 2.41 bits per heavy atom. The number of hydrogen-bond acceptors (Lipinski definition) is 6. The maximum absolute atomic E-state index is 13.3. The molecule has 0 aromatic heterocycles. The highest BCUT2D eigenvalue weighted by molar-refractivity contribution is 7.90. The van der Waals surface area contributed by atoms with Crippen molar-refractivity contribution in [2.45, 2.75) is 30.3 Å². The van der Waals surface area contributed by atoms with Crippen molar-refractivity contribution in [2.24, 2.45) is 0 Å². The summed E-state index contributed by atoms with van der Waals surface area (Å²) in [7, 11) is -3.74. The summed E-state index contributed by atoms with van der Waals surface area (Å²) in [5, 5.41) is 14.3. The Morgan fingerprint density at radius 2 is 1.83 bits per heavy atom. The van der Waals surface area contributed by atoms with E-state index in [9.17, 15) is 27.3 Å². The van der Waals surface area contributed by atoms with Gasteiger partial charge in [0.25, 0.3) is 5.69 Å². The van der Waals surface area contributed by atoms with Gasteiger partial charge in [-0.25, -0.2) is 17.2 Å². The van der Waals surface area contributed by atoms with E-state index in [1.165, 1.54) is 24.3 Å². The van der Waals surface area contributed by atoms with Crippen LogP contribution in [0.15, 0.2) is 41.3 Å². The normalized spacial score (nSPS) is 16.0. The molecule has 3 rings (SSSR count). The third kappa shape index (κ3) is 5.27. The number of nitro benzene ring substituents is 1. The van der Waals surface area contributed by atoms with E-state index < -0.39 is 32.1 Å². The lowest BCUT2D eigenvalue weighted by Crippen LogP contribution is -2.38. The molecule has 0 radical (unpaired) electrons. The fourth-order valence-electron chi connectivity index (χ4n) is 3.42. The van der Waals surface area contributed by atoms with Crippen molar-refractivity contribution in [1.82, 2.24) is 4.90 Å².